The van der Waals surface area contributed by atoms with Crippen LogP contribution in [0.5, 0.6) is 5.75 Å². The second kappa shape index (κ2) is 6.12. The summed E-state index contributed by atoms with van der Waals surface area (Å²) in [6.07, 6.45) is 0. The molecule has 1 aromatic rings. The molecule has 0 bridgehead atoms. The van der Waals surface area contributed by atoms with E-state index in [1.54, 1.807) is 7.11 Å². The maximum Gasteiger partial charge on any atom is 0.143 e. The van der Waals surface area contributed by atoms with E-state index in [0.717, 1.165) is 23.5 Å². The lowest BCUT2D eigenvalue weighted by molar-refractivity contribution is 0.416. The summed E-state index contributed by atoms with van der Waals surface area (Å²) in [4.78, 5) is 0. The lowest BCUT2D eigenvalue weighted by atomic mass is 10.1. The van der Waals surface area contributed by atoms with E-state index in [4.69, 9.17) is 22.1 Å². The number of hydrogen-bond acceptors (Lipinski definition) is 3. The number of nitrogens with one attached hydrogen (secondary N) is 1. The van der Waals surface area contributed by atoms with E-state index >= 15 is 0 Å². The summed E-state index contributed by atoms with van der Waals surface area (Å²) >= 11 is 6.05. The van der Waals surface area contributed by atoms with Crippen LogP contribution in [0.25, 0.3) is 0 Å². The third kappa shape index (κ3) is 3.79. The summed E-state index contributed by atoms with van der Waals surface area (Å²) in [7, 11) is 1.63. The zero-order valence-corrected chi connectivity index (χ0v) is 11.6. The molecular weight excluding hydrogens is 236 g/mol. The van der Waals surface area contributed by atoms with E-state index < -0.39 is 0 Å². The minimum Gasteiger partial charge on any atom is -0.495 e. The van der Waals surface area contributed by atoms with Crippen LogP contribution < -0.4 is 15.8 Å². The van der Waals surface area contributed by atoms with Gasteiger partial charge in [-0.25, -0.2) is 0 Å². The first-order valence-corrected chi connectivity index (χ1v) is 6.17. The Hall–Kier alpha value is -0.930. The SMILES string of the molecule is COc1cc(Cl)c(C)cc1NCC(N)C(C)C. The first kappa shape index (κ1) is 14.1. The number of methoxy groups -OCH3 is 1. The van der Waals surface area contributed by atoms with Crippen molar-refractivity contribution in [1.29, 1.82) is 0 Å². The van der Waals surface area contributed by atoms with Gasteiger partial charge in [0.25, 0.3) is 0 Å². The highest BCUT2D eigenvalue weighted by molar-refractivity contribution is 6.31. The molecule has 4 heteroatoms. The Kier molecular flexibility index (Phi) is 5.09. The first-order chi connectivity index (χ1) is 7.95. The molecule has 0 radical (unpaired) electrons. The molecule has 0 aliphatic heterocycles. The Balaban J connectivity index is 2.79. The highest BCUT2D eigenvalue weighted by Gasteiger charge is 2.10. The van der Waals surface area contributed by atoms with Gasteiger partial charge in [-0.3, -0.25) is 0 Å². The van der Waals surface area contributed by atoms with Gasteiger partial charge in [0.15, 0.2) is 0 Å². The van der Waals surface area contributed by atoms with Crippen LogP contribution in [-0.4, -0.2) is 19.7 Å². The molecule has 1 rings (SSSR count). The first-order valence-electron chi connectivity index (χ1n) is 5.79. The molecule has 0 saturated heterocycles. The second-order valence-corrected chi connectivity index (χ2v) is 5.00. The largest absolute Gasteiger partial charge is 0.495 e. The molecule has 1 aromatic carbocycles. The van der Waals surface area contributed by atoms with Gasteiger partial charge in [0.1, 0.15) is 5.75 Å². The molecule has 0 aliphatic rings. The minimum atomic E-state index is 0.121. The number of halogens is 1. The predicted molar refractivity (Wildman–Crippen MR) is 74.0 cm³/mol. The molecule has 0 heterocycles. The van der Waals surface area contributed by atoms with Gasteiger partial charge >= 0.3 is 0 Å². The van der Waals surface area contributed by atoms with Crippen LogP contribution in [0.2, 0.25) is 5.02 Å². The highest BCUT2D eigenvalue weighted by Crippen LogP contribution is 2.30. The monoisotopic (exact) mass is 256 g/mol. The average molecular weight is 257 g/mol. The van der Waals surface area contributed by atoms with Gasteiger partial charge in [0.2, 0.25) is 0 Å². The highest BCUT2D eigenvalue weighted by atomic mass is 35.5. The summed E-state index contributed by atoms with van der Waals surface area (Å²) < 4.78 is 5.29. The molecule has 1 atom stereocenters. The molecule has 0 spiro atoms. The van der Waals surface area contributed by atoms with Gasteiger partial charge in [-0.15, -0.1) is 0 Å². The number of ether oxygens (including phenoxy) is 1. The zero-order chi connectivity index (χ0) is 13.0. The summed E-state index contributed by atoms with van der Waals surface area (Å²) in [6, 6.07) is 3.92. The third-order valence-corrected chi connectivity index (χ3v) is 3.27. The van der Waals surface area contributed by atoms with Crippen molar-refractivity contribution in [3.63, 3.8) is 0 Å². The van der Waals surface area contributed by atoms with Crippen LogP contribution in [0.1, 0.15) is 19.4 Å². The van der Waals surface area contributed by atoms with Gasteiger partial charge in [0.05, 0.1) is 12.8 Å². The van der Waals surface area contributed by atoms with Gasteiger partial charge in [-0.05, 0) is 24.5 Å². The summed E-state index contributed by atoms with van der Waals surface area (Å²) in [6.45, 7) is 6.90. The van der Waals surface area contributed by atoms with Crippen molar-refractivity contribution in [2.45, 2.75) is 26.8 Å². The fourth-order valence-corrected chi connectivity index (χ4v) is 1.59. The van der Waals surface area contributed by atoms with E-state index in [-0.39, 0.29) is 6.04 Å². The van der Waals surface area contributed by atoms with Crippen LogP contribution >= 0.6 is 11.6 Å². The van der Waals surface area contributed by atoms with Crippen LogP contribution in [0.4, 0.5) is 5.69 Å². The molecule has 17 heavy (non-hydrogen) atoms. The Morgan fingerprint density at radius 2 is 2.06 bits per heavy atom. The summed E-state index contributed by atoms with van der Waals surface area (Å²) in [5.74, 6) is 1.19. The average Bonchev–Trinajstić information content (AvgIpc) is 2.29. The summed E-state index contributed by atoms with van der Waals surface area (Å²) in [5.41, 5.74) is 7.95. The fourth-order valence-electron chi connectivity index (χ4n) is 1.43. The molecule has 3 N–H and O–H groups in total. The van der Waals surface area contributed by atoms with Crippen LogP contribution in [0.15, 0.2) is 12.1 Å². The molecule has 0 fully saturated rings. The number of benzene rings is 1. The van der Waals surface area contributed by atoms with Crippen LogP contribution in [0.3, 0.4) is 0 Å². The zero-order valence-electron chi connectivity index (χ0n) is 10.9. The standard InChI is InChI=1S/C13H21ClN2O/c1-8(2)11(15)7-16-12-5-9(3)10(14)6-13(12)17-4/h5-6,8,11,16H,7,15H2,1-4H3. The Morgan fingerprint density at radius 3 is 2.59 bits per heavy atom. The smallest absolute Gasteiger partial charge is 0.143 e. The van der Waals surface area contributed by atoms with E-state index in [2.05, 4.69) is 19.2 Å². The van der Waals surface area contributed by atoms with Crippen molar-refractivity contribution in [2.75, 3.05) is 19.0 Å². The quantitative estimate of drug-likeness (QED) is 0.851. The maximum absolute atomic E-state index is 6.05. The van der Waals surface area contributed by atoms with Gasteiger partial charge in [-0.1, -0.05) is 25.4 Å². The maximum atomic E-state index is 6.05. The molecule has 96 valence electrons. The van der Waals surface area contributed by atoms with Gasteiger partial charge < -0.3 is 15.8 Å². The summed E-state index contributed by atoms with van der Waals surface area (Å²) in [5, 5.41) is 4.01. The molecule has 1 unspecified atom stereocenters. The number of nitrogens with two attached hydrogens (primary N) is 1. The lowest BCUT2D eigenvalue weighted by Gasteiger charge is -2.19. The van der Waals surface area contributed by atoms with Crippen molar-refractivity contribution < 1.29 is 4.74 Å². The number of aryl methyl sites for hydroxylation is 1. The Bertz CT molecular complexity index is 380. The van der Waals surface area contributed by atoms with Crippen LogP contribution in [0, 0.1) is 12.8 Å². The molecule has 0 aliphatic carbocycles. The van der Waals surface area contributed by atoms with Crippen molar-refractivity contribution in [2.24, 2.45) is 11.7 Å². The van der Waals surface area contributed by atoms with Gasteiger partial charge in [-0.2, -0.15) is 0 Å². The van der Waals surface area contributed by atoms with Crippen molar-refractivity contribution in [3.8, 4) is 5.75 Å². The van der Waals surface area contributed by atoms with Crippen molar-refractivity contribution in [1.82, 2.24) is 0 Å². The van der Waals surface area contributed by atoms with Crippen molar-refractivity contribution >= 4 is 17.3 Å². The minimum absolute atomic E-state index is 0.121. The molecular formula is C13H21ClN2O. The fraction of sp³-hybridized carbons (Fsp3) is 0.538. The molecule has 0 amide bonds. The number of hydrogen-bond donors (Lipinski definition) is 2. The van der Waals surface area contributed by atoms with E-state index in [1.165, 1.54) is 0 Å². The lowest BCUT2D eigenvalue weighted by Crippen LogP contribution is -2.34. The third-order valence-electron chi connectivity index (χ3n) is 2.87. The van der Waals surface area contributed by atoms with E-state index in [0.29, 0.717) is 10.9 Å². The molecule has 3 nitrogen and oxygen atoms in total. The Morgan fingerprint density at radius 1 is 1.41 bits per heavy atom. The van der Waals surface area contributed by atoms with Gasteiger partial charge in [0, 0.05) is 23.7 Å². The number of anilines is 1. The Labute approximate surface area is 108 Å². The van der Waals surface area contributed by atoms with Crippen LogP contribution in [-0.2, 0) is 0 Å². The van der Waals surface area contributed by atoms with E-state index in [9.17, 15) is 0 Å². The number of rotatable bonds is 5. The predicted octanol–water partition coefficient (Wildman–Crippen LogP) is 3.05. The second-order valence-electron chi connectivity index (χ2n) is 4.59. The van der Waals surface area contributed by atoms with E-state index in [1.807, 2.05) is 19.1 Å². The molecule has 0 aromatic heterocycles. The topological polar surface area (TPSA) is 47.3 Å². The molecule has 0 saturated carbocycles. The normalized spacial score (nSPS) is 12.6. The van der Waals surface area contributed by atoms with Crippen molar-refractivity contribution in [3.05, 3.63) is 22.7 Å².